The van der Waals surface area contributed by atoms with Crippen LogP contribution in [0, 0.1) is 0 Å². The van der Waals surface area contributed by atoms with Gasteiger partial charge in [0, 0.05) is 13.1 Å². The van der Waals surface area contributed by atoms with Gasteiger partial charge in [-0.15, -0.1) is 0 Å². The molecular weight excluding hydrogens is 427 g/mol. The van der Waals surface area contributed by atoms with E-state index in [1.807, 2.05) is 0 Å². The molecule has 2 aromatic rings. The Labute approximate surface area is 166 Å². The quantitative estimate of drug-likeness (QED) is 0.372. The average Bonchev–Trinajstić information content (AvgIpc) is 2.61. The predicted octanol–water partition coefficient (Wildman–Crippen LogP) is 6.50. The summed E-state index contributed by atoms with van der Waals surface area (Å²) < 4.78 is 90.3. The van der Waals surface area contributed by atoms with E-state index in [4.69, 9.17) is 12.2 Å². The van der Waals surface area contributed by atoms with Crippen LogP contribution in [0.5, 0.6) is 0 Å². The molecule has 2 rings (SSSR count). The van der Waals surface area contributed by atoms with Gasteiger partial charge in [0.1, 0.15) is 4.32 Å². The summed E-state index contributed by atoms with van der Waals surface area (Å²) in [6.07, 6.45) is -6.40. The van der Waals surface area contributed by atoms with Crippen molar-refractivity contribution in [3.05, 3.63) is 71.8 Å². The first-order chi connectivity index (χ1) is 12.9. The molecule has 0 aliphatic rings. The van der Waals surface area contributed by atoms with Crippen LogP contribution in [0.2, 0.25) is 0 Å². The van der Waals surface area contributed by atoms with Crippen molar-refractivity contribution >= 4 is 28.3 Å². The molecular formula is C18H14F7NS2. The Morgan fingerprint density at radius 2 is 1.14 bits per heavy atom. The third-order valence-corrected chi connectivity index (χ3v) is 5.08. The molecule has 0 aliphatic carbocycles. The van der Waals surface area contributed by atoms with Crippen molar-refractivity contribution in [2.45, 2.75) is 30.4 Å². The number of hydrogen-bond acceptors (Lipinski definition) is 2. The second-order valence-corrected chi connectivity index (χ2v) is 7.53. The number of halogens is 7. The molecule has 10 heteroatoms. The Hall–Kier alpha value is -1.81. The highest BCUT2D eigenvalue weighted by atomic mass is 32.2. The highest BCUT2D eigenvalue weighted by Crippen LogP contribution is 2.52. The number of thioether (sulfide) groups is 1. The lowest BCUT2D eigenvalue weighted by Crippen LogP contribution is -2.51. The Bertz CT molecular complexity index is 738. The van der Waals surface area contributed by atoms with Crippen molar-refractivity contribution < 1.29 is 30.7 Å². The van der Waals surface area contributed by atoms with Crippen molar-refractivity contribution in [1.82, 2.24) is 4.90 Å². The molecule has 28 heavy (non-hydrogen) atoms. The fourth-order valence-electron chi connectivity index (χ4n) is 2.20. The van der Waals surface area contributed by atoms with Crippen molar-refractivity contribution in [2.24, 2.45) is 0 Å². The van der Waals surface area contributed by atoms with Gasteiger partial charge in [-0.3, -0.25) is 0 Å². The zero-order chi connectivity index (χ0) is 21.0. The maximum atomic E-state index is 13.8. The molecule has 0 aromatic heterocycles. The molecule has 1 nitrogen and oxygen atoms in total. The molecule has 2 aromatic carbocycles. The van der Waals surface area contributed by atoms with Crippen LogP contribution in [0.15, 0.2) is 60.7 Å². The molecule has 0 saturated carbocycles. The van der Waals surface area contributed by atoms with Crippen LogP contribution in [0.1, 0.15) is 11.1 Å². The standard InChI is InChI=1S/C18H14F7NS2/c19-16(20,17(21,22)23)18(24,25)28-15(27)26(11-13-7-3-1-4-8-13)12-14-9-5-2-6-10-14/h1-10H,11-12H2. The lowest BCUT2D eigenvalue weighted by atomic mass is 10.2. The molecule has 0 unspecified atom stereocenters. The van der Waals surface area contributed by atoms with E-state index in [1.165, 1.54) is 0 Å². The van der Waals surface area contributed by atoms with Gasteiger partial charge in [0.05, 0.1) is 0 Å². The molecule has 0 saturated heterocycles. The van der Waals surface area contributed by atoms with Crippen LogP contribution in [0.3, 0.4) is 0 Å². The molecule has 0 aliphatic heterocycles. The normalized spacial score (nSPS) is 12.7. The minimum absolute atomic E-state index is 0.0325. The van der Waals surface area contributed by atoms with E-state index in [0.29, 0.717) is 11.1 Å². The monoisotopic (exact) mass is 441 g/mol. The molecule has 0 fully saturated rings. The molecule has 0 atom stereocenters. The SMILES string of the molecule is FC(F)(F)C(F)(F)C(F)(F)SC(=S)N(Cc1ccccc1)Cc1ccccc1. The zero-order valence-corrected chi connectivity index (χ0v) is 15.7. The lowest BCUT2D eigenvalue weighted by Gasteiger charge is -2.31. The van der Waals surface area contributed by atoms with Crippen LogP contribution in [0.25, 0.3) is 0 Å². The van der Waals surface area contributed by atoms with E-state index in [9.17, 15) is 30.7 Å². The maximum absolute atomic E-state index is 13.8. The largest absolute Gasteiger partial charge is 0.460 e. The summed E-state index contributed by atoms with van der Waals surface area (Å²) in [6.45, 7) is -0.0650. The smallest absolute Gasteiger partial charge is 0.349 e. The number of alkyl halides is 7. The fraction of sp³-hybridized carbons (Fsp3) is 0.278. The van der Waals surface area contributed by atoms with E-state index in [2.05, 4.69) is 0 Å². The Morgan fingerprint density at radius 1 is 0.750 bits per heavy atom. The number of rotatable bonds is 6. The van der Waals surface area contributed by atoms with Crippen molar-refractivity contribution in [2.75, 3.05) is 0 Å². The first-order valence-electron chi connectivity index (χ1n) is 7.82. The summed E-state index contributed by atoms with van der Waals surface area (Å²) >= 11 is 3.86. The number of thiocarbonyl (C=S) groups is 1. The fourth-order valence-corrected chi connectivity index (χ4v) is 3.36. The van der Waals surface area contributed by atoms with Gasteiger partial charge in [-0.05, 0) is 22.9 Å². The van der Waals surface area contributed by atoms with Crippen molar-refractivity contribution in [3.63, 3.8) is 0 Å². The van der Waals surface area contributed by atoms with Crippen LogP contribution in [0.4, 0.5) is 30.7 Å². The summed E-state index contributed by atoms with van der Waals surface area (Å²) in [6, 6.07) is 16.8. The highest BCUT2D eigenvalue weighted by molar-refractivity contribution is 8.23. The third kappa shape index (κ3) is 5.38. The summed E-state index contributed by atoms with van der Waals surface area (Å²) in [5.74, 6) is -6.22. The second kappa shape index (κ2) is 8.69. The lowest BCUT2D eigenvalue weighted by molar-refractivity contribution is -0.330. The Balaban J connectivity index is 2.25. The highest BCUT2D eigenvalue weighted by Gasteiger charge is 2.74. The van der Waals surface area contributed by atoms with Crippen LogP contribution >= 0.6 is 24.0 Å². The molecule has 152 valence electrons. The van der Waals surface area contributed by atoms with E-state index in [-0.39, 0.29) is 13.1 Å². The molecule has 0 spiro atoms. The van der Waals surface area contributed by atoms with Gasteiger partial charge in [0.2, 0.25) is 0 Å². The maximum Gasteiger partial charge on any atom is 0.460 e. The van der Waals surface area contributed by atoms with Crippen molar-refractivity contribution in [3.8, 4) is 0 Å². The minimum Gasteiger partial charge on any atom is -0.349 e. The predicted molar refractivity (Wildman–Crippen MR) is 98.3 cm³/mol. The number of benzene rings is 2. The first-order valence-corrected chi connectivity index (χ1v) is 9.04. The van der Waals surface area contributed by atoms with E-state index >= 15 is 0 Å². The molecule has 0 N–H and O–H groups in total. The summed E-state index contributed by atoms with van der Waals surface area (Å²) in [5, 5.41) is -5.45. The van der Waals surface area contributed by atoms with Gasteiger partial charge < -0.3 is 4.90 Å². The molecule has 0 bridgehead atoms. The molecule has 0 radical (unpaired) electrons. The van der Waals surface area contributed by atoms with Crippen LogP contribution in [-0.4, -0.2) is 26.6 Å². The van der Waals surface area contributed by atoms with Gasteiger partial charge in [0.25, 0.3) is 0 Å². The van der Waals surface area contributed by atoms with E-state index in [0.717, 1.165) is 4.90 Å². The average molecular weight is 441 g/mol. The van der Waals surface area contributed by atoms with Gasteiger partial charge >= 0.3 is 17.4 Å². The van der Waals surface area contributed by atoms with E-state index in [1.54, 1.807) is 60.7 Å². The summed E-state index contributed by atoms with van der Waals surface area (Å²) in [7, 11) is 0. The van der Waals surface area contributed by atoms with Gasteiger partial charge in [-0.2, -0.15) is 30.7 Å². The van der Waals surface area contributed by atoms with Gasteiger partial charge in [0.15, 0.2) is 0 Å². The van der Waals surface area contributed by atoms with Crippen LogP contribution in [-0.2, 0) is 13.1 Å². The van der Waals surface area contributed by atoms with E-state index < -0.39 is 33.4 Å². The topological polar surface area (TPSA) is 3.24 Å². The molecule has 0 amide bonds. The van der Waals surface area contributed by atoms with Crippen molar-refractivity contribution in [1.29, 1.82) is 0 Å². The first kappa shape index (κ1) is 22.5. The third-order valence-electron chi connectivity index (χ3n) is 3.63. The summed E-state index contributed by atoms with van der Waals surface area (Å²) in [5.41, 5.74) is 1.26. The van der Waals surface area contributed by atoms with Gasteiger partial charge in [-0.1, -0.05) is 72.9 Å². The molecule has 0 heterocycles. The van der Waals surface area contributed by atoms with Gasteiger partial charge in [-0.25, -0.2) is 0 Å². The zero-order valence-electron chi connectivity index (χ0n) is 14.1. The second-order valence-electron chi connectivity index (χ2n) is 5.78. The minimum atomic E-state index is -6.40. The van der Waals surface area contributed by atoms with Crippen LogP contribution < -0.4 is 0 Å². The summed E-state index contributed by atoms with van der Waals surface area (Å²) in [4.78, 5) is 1.16. The Morgan fingerprint density at radius 3 is 1.50 bits per heavy atom. The number of hydrogen-bond donors (Lipinski definition) is 0. The number of nitrogens with zero attached hydrogens (tertiary/aromatic N) is 1. The Kier molecular flexibility index (Phi) is 6.97.